The van der Waals surface area contributed by atoms with Crippen molar-refractivity contribution in [1.29, 1.82) is 0 Å². The van der Waals surface area contributed by atoms with Gasteiger partial charge >= 0.3 is 6.18 Å². The van der Waals surface area contributed by atoms with Crippen LogP contribution < -0.4 is 10.9 Å². The van der Waals surface area contributed by atoms with Crippen LogP contribution in [0.1, 0.15) is 24.5 Å². The van der Waals surface area contributed by atoms with Crippen LogP contribution in [0.25, 0.3) is 38.8 Å². The topological polar surface area (TPSA) is 77.6 Å². The summed E-state index contributed by atoms with van der Waals surface area (Å²) in [6, 6.07) is 14.2. The average molecular weight is 490 g/mol. The molecule has 1 N–H and O–H groups in total. The molecule has 6 rings (SSSR count). The van der Waals surface area contributed by atoms with Crippen LogP contribution in [0.2, 0.25) is 0 Å². The molecule has 0 spiro atoms. The highest BCUT2D eigenvalue weighted by molar-refractivity contribution is 5.88. The molecule has 0 bridgehead atoms. The number of benzene rings is 1. The zero-order valence-electron chi connectivity index (χ0n) is 19.3. The van der Waals surface area contributed by atoms with E-state index in [4.69, 9.17) is 0 Å². The molecule has 0 unspecified atom stereocenters. The van der Waals surface area contributed by atoms with Crippen LogP contribution >= 0.6 is 0 Å². The summed E-state index contributed by atoms with van der Waals surface area (Å²) >= 11 is 0. The Kier molecular flexibility index (Phi) is 5.06. The van der Waals surface area contributed by atoms with Gasteiger partial charge in [-0.1, -0.05) is 6.07 Å². The van der Waals surface area contributed by atoms with Crippen LogP contribution in [0.4, 0.5) is 19.0 Å². The van der Waals surface area contributed by atoms with Gasteiger partial charge in [-0.15, -0.1) is 0 Å². The Labute approximate surface area is 203 Å². The van der Waals surface area contributed by atoms with Gasteiger partial charge < -0.3 is 5.32 Å². The summed E-state index contributed by atoms with van der Waals surface area (Å²) in [7, 11) is 1.83. The number of rotatable bonds is 5. The Bertz CT molecular complexity index is 1670. The first-order valence-corrected chi connectivity index (χ1v) is 11.5. The van der Waals surface area contributed by atoms with E-state index in [1.54, 1.807) is 23.0 Å². The van der Waals surface area contributed by atoms with Crippen LogP contribution in [0.3, 0.4) is 0 Å². The molecule has 10 heteroatoms. The van der Waals surface area contributed by atoms with E-state index >= 15 is 0 Å². The van der Waals surface area contributed by atoms with Crippen molar-refractivity contribution in [1.82, 2.24) is 24.3 Å². The van der Waals surface area contributed by atoms with Crippen molar-refractivity contribution in [2.75, 3.05) is 11.9 Å². The van der Waals surface area contributed by atoms with Crippen LogP contribution in [0.15, 0.2) is 65.7 Å². The van der Waals surface area contributed by atoms with Crippen molar-refractivity contribution in [3.8, 4) is 16.8 Å². The van der Waals surface area contributed by atoms with Crippen molar-refractivity contribution in [2.45, 2.75) is 24.9 Å². The van der Waals surface area contributed by atoms with Gasteiger partial charge in [-0.05, 0) is 60.9 Å². The van der Waals surface area contributed by atoms with Crippen molar-refractivity contribution in [3.63, 3.8) is 0 Å². The standard InChI is InChI=1S/C26H21F3N6O/c1-34-13-18-10-16(4-7-22(18)33-34)20-11-17-5-9-23(31-14-26(27,28)29)32-24(17)35(25(20)36)19-6-8-21(30-12-19)15-2-3-15/h4-13,15H,2-3,14H2,1H3,(H,31,32). The third-order valence-electron chi connectivity index (χ3n) is 6.27. The van der Waals surface area contributed by atoms with Gasteiger partial charge in [-0.2, -0.15) is 18.3 Å². The summed E-state index contributed by atoms with van der Waals surface area (Å²) in [5, 5.41) is 8.19. The summed E-state index contributed by atoms with van der Waals surface area (Å²) in [6.07, 6.45) is 1.29. The Morgan fingerprint density at radius 3 is 2.61 bits per heavy atom. The number of anilines is 1. The largest absolute Gasteiger partial charge is 0.405 e. The van der Waals surface area contributed by atoms with E-state index in [-0.39, 0.29) is 17.0 Å². The first kappa shape index (κ1) is 22.3. The van der Waals surface area contributed by atoms with Gasteiger partial charge in [-0.3, -0.25) is 19.0 Å². The van der Waals surface area contributed by atoms with Crippen molar-refractivity contribution < 1.29 is 13.2 Å². The van der Waals surface area contributed by atoms with Gasteiger partial charge in [0, 0.05) is 41.2 Å². The fourth-order valence-corrected chi connectivity index (χ4v) is 4.39. The summed E-state index contributed by atoms with van der Waals surface area (Å²) < 4.78 is 41.4. The second-order valence-electron chi connectivity index (χ2n) is 9.07. The maximum Gasteiger partial charge on any atom is 0.405 e. The van der Waals surface area contributed by atoms with E-state index in [1.807, 2.05) is 43.6 Å². The van der Waals surface area contributed by atoms with Gasteiger partial charge in [0.15, 0.2) is 0 Å². The number of hydrogen-bond donors (Lipinski definition) is 1. The molecule has 1 aromatic carbocycles. The smallest absolute Gasteiger partial charge is 0.361 e. The SMILES string of the molecule is Cn1cc2cc(-c3cc4ccc(NCC(F)(F)F)nc4n(-c4ccc(C5CC5)nc4)c3=O)ccc2n1. The van der Waals surface area contributed by atoms with Crippen molar-refractivity contribution in [2.24, 2.45) is 7.05 Å². The van der Waals surface area contributed by atoms with E-state index in [0.717, 1.165) is 29.4 Å². The quantitative estimate of drug-likeness (QED) is 0.367. The molecule has 0 atom stereocenters. The minimum Gasteiger partial charge on any atom is -0.361 e. The number of nitrogens with one attached hydrogen (secondary N) is 1. The van der Waals surface area contributed by atoms with Crippen molar-refractivity contribution >= 4 is 27.8 Å². The molecular weight excluding hydrogens is 469 g/mol. The first-order chi connectivity index (χ1) is 17.2. The summed E-state index contributed by atoms with van der Waals surface area (Å²) in [5.41, 5.74) is 3.33. The normalized spacial score (nSPS) is 14.0. The molecule has 4 aromatic heterocycles. The minimum atomic E-state index is -4.40. The van der Waals surface area contributed by atoms with E-state index in [9.17, 15) is 18.0 Å². The number of pyridine rings is 3. The molecular formula is C26H21F3N6O. The molecule has 1 aliphatic rings. The van der Waals surface area contributed by atoms with Gasteiger partial charge in [0.05, 0.1) is 17.4 Å². The Morgan fingerprint density at radius 1 is 1.06 bits per heavy atom. The zero-order chi connectivity index (χ0) is 25.0. The maximum atomic E-state index is 13.9. The van der Waals surface area contributed by atoms with E-state index in [1.165, 1.54) is 10.6 Å². The second-order valence-corrected chi connectivity index (χ2v) is 9.07. The molecule has 4 heterocycles. The fourth-order valence-electron chi connectivity index (χ4n) is 4.39. The number of nitrogens with zero attached hydrogens (tertiary/aromatic N) is 5. The molecule has 5 aromatic rings. The summed E-state index contributed by atoms with van der Waals surface area (Å²) in [6.45, 7) is -1.23. The highest BCUT2D eigenvalue weighted by Gasteiger charge is 2.27. The molecule has 0 saturated heterocycles. The van der Waals surface area contributed by atoms with E-state index in [0.29, 0.717) is 28.1 Å². The Balaban J connectivity index is 1.54. The lowest BCUT2D eigenvalue weighted by Crippen LogP contribution is -2.23. The van der Waals surface area contributed by atoms with Gasteiger partial charge in [0.2, 0.25) is 0 Å². The van der Waals surface area contributed by atoms with Crippen LogP contribution in [-0.2, 0) is 7.05 Å². The van der Waals surface area contributed by atoms with E-state index < -0.39 is 12.7 Å². The lowest BCUT2D eigenvalue weighted by molar-refractivity contribution is -0.115. The third-order valence-corrected chi connectivity index (χ3v) is 6.27. The van der Waals surface area contributed by atoms with E-state index in [2.05, 4.69) is 20.4 Å². The number of hydrogen-bond acceptors (Lipinski definition) is 5. The van der Waals surface area contributed by atoms with Crippen LogP contribution in [0.5, 0.6) is 0 Å². The highest BCUT2D eigenvalue weighted by atomic mass is 19.4. The lowest BCUT2D eigenvalue weighted by Gasteiger charge is -2.15. The maximum absolute atomic E-state index is 13.9. The minimum absolute atomic E-state index is 0.0278. The molecule has 1 fully saturated rings. The molecule has 1 saturated carbocycles. The number of aryl methyl sites for hydroxylation is 1. The fraction of sp³-hybridized carbons (Fsp3) is 0.231. The number of aromatic nitrogens is 5. The first-order valence-electron chi connectivity index (χ1n) is 11.5. The number of alkyl halides is 3. The van der Waals surface area contributed by atoms with Gasteiger partial charge in [0.25, 0.3) is 5.56 Å². The van der Waals surface area contributed by atoms with Gasteiger partial charge in [-0.25, -0.2) is 4.98 Å². The molecule has 1 aliphatic carbocycles. The monoisotopic (exact) mass is 490 g/mol. The Hall–Kier alpha value is -4.21. The summed E-state index contributed by atoms with van der Waals surface area (Å²) in [4.78, 5) is 22.8. The Morgan fingerprint density at radius 2 is 1.89 bits per heavy atom. The molecule has 182 valence electrons. The average Bonchev–Trinajstić information content (AvgIpc) is 3.62. The highest BCUT2D eigenvalue weighted by Crippen LogP contribution is 2.39. The molecule has 36 heavy (non-hydrogen) atoms. The number of fused-ring (bicyclic) bond motifs is 2. The predicted octanol–water partition coefficient (Wildman–Crippen LogP) is 5.19. The van der Waals surface area contributed by atoms with Crippen molar-refractivity contribution in [3.05, 3.63) is 77.0 Å². The lowest BCUT2D eigenvalue weighted by atomic mass is 10.0. The van der Waals surface area contributed by atoms with Gasteiger partial charge in [0.1, 0.15) is 18.0 Å². The number of halogens is 3. The molecule has 0 aliphatic heterocycles. The van der Waals surface area contributed by atoms with Crippen LogP contribution in [0, 0.1) is 0 Å². The molecule has 0 radical (unpaired) electrons. The van der Waals surface area contributed by atoms with Crippen LogP contribution in [-0.4, -0.2) is 37.0 Å². The predicted molar refractivity (Wildman–Crippen MR) is 131 cm³/mol. The summed E-state index contributed by atoms with van der Waals surface area (Å²) in [5.74, 6) is 0.474. The molecule has 0 amide bonds. The zero-order valence-corrected chi connectivity index (χ0v) is 19.3. The second kappa shape index (κ2) is 8.18. The third kappa shape index (κ3) is 4.19. The molecule has 7 nitrogen and oxygen atoms in total.